The highest BCUT2D eigenvalue weighted by atomic mass is 79.9. The Morgan fingerprint density at radius 1 is 1.25 bits per heavy atom. The molecule has 2 N–H and O–H groups in total. The Morgan fingerprint density at radius 3 is 2.33 bits per heavy atom. The van der Waals surface area contributed by atoms with Crippen LogP contribution in [0.3, 0.4) is 0 Å². The van der Waals surface area contributed by atoms with Crippen molar-refractivity contribution in [3.05, 3.63) is 26.9 Å². The summed E-state index contributed by atoms with van der Waals surface area (Å²) in [5.74, 6) is -0.535. The minimum atomic E-state index is -1.67. The van der Waals surface area contributed by atoms with E-state index in [4.69, 9.17) is 10.0 Å². The van der Waals surface area contributed by atoms with E-state index in [9.17, 15) is 4.39 Å². The highest BCUT2D eigenvalue weighted by Crippen LogP contribution is 2.18. The fraction of sp³-hybridized carbons (Fsp3) is 0. The second kappa shape index (κ2) is 3.87. The smallest absolute Gasteiger partial charge is 0.423 e. The third kappa shape index (κ3) is 2.07. The van der Waals surface area contributed by atoms with Gasteiger partial charge in [-0.05, 0) is 28.1 Å². The van der Waals surface area contributed by atoms with Crippen LogP contribution < -0.4 is 5.46 Å². The summed E-state index contributed by atoms with van der Waals surface area (Å²) < 4.78 is 13.4. The molecule has 1 aromatic carbocycles. The Morgan fingerprint density at radius 2 is 1.83 bits per heavy atom. The Labute approximate surface area is 85.8 Å². The highest BCUT2D eigenvalue weighted by Gasteiger charge is 2.18. The summed E-state index contributed by atoms with van der Waals surface area (Å²) in [6.45, 7) is 0. The SMILES string of the molecule is OB(O)c1cc(Br)cc(F)c1Br. The molecule has 0 unspecified atom stereocenters. The third-order valence-corrected chi connectivity index (χ3v) is 2.59. The summed E-state index contributed by atoms with van der Waals surface area (Å²) in [5, 5.41) is 17.6. The second-order valence-corrected chi connectivity index (χ2v) is 3.87. The van der Waals surface area contributed by atoms with Crippen LogP contribution in [-0.4, -0.2) is 17.2 Å². The standard InChI is InChI=1S/C6H4BBr2FO2/c8-3-1-4(7(11)12)6(9)5(10)2-3/h1-2,11-12H. The van der Waals surface area contributed by atoms with Gasteiger partial charge in [0.25, 0.3) is 0 Å². The van der Waals surface area contributed by atoms with E-state index >= 15 is 0 Å². The maximum Gasteiger partial charge on any atom is 0.489 e. The normalized spacial score (nSPS) is 10.1. The first-order chi connectivity index (χ1) is 5.52. The molecule has 0 aliphatic rings. The van der Waals surface area contributed by atoms with Crippen molar-refractivity contribution in [2.24, 2.45) is 0 Å². The highest BCUT2D eigenvalue weighted by molar-refractivity contribution is 9.11. The number of benzene rings is 1. The van der Waals surface area contributed by atoms with Gasteiger partial charge >= 0.3 is 7.12 Å². The molecular formula is C6H4BBr2FO2. The van der Waals surface area contributed by atoms with Crippen molar-refractivity contribution in [1.82, 2.24) is 0 Å². The van der Waals surface area contributed by atoms with Crippen molar-refractivity contribution in [3.8, 4) is 0 Å². The zero-order valence-electron chi connectivity index (χ0n) is 5.76. The number of hydrogen-bond donors (Lipinski definition) is 2. The molecule has 0 amide bonds. The maximum atomic E-state index is 12.9. The lowest BCUT2D eigenvalue weighted by molar-refractivity contribution is 0.425. The summed E-state index contributed by atoms with van der Waals surface area (Å²) in [6, 6.07) is 2.66. The minimum absolute atomic E-state index is 0.0701. The van der Waals surface area contributed by atoms with Gasteiger partial charge in [-0.15, -0.1) is 0 Å². The topological polar surface area (TPSA) is 40.5 Å². The Bertz CT molecular complexity index is 306. The maximum absolute atomic E-state index is 12.9. The van der Waals surface area contributed by atoms with E-state index in [1.54, 1.807) is 0 Å². The lowest BCUT2D eigenvalue weighted by Crippen LogP contribution is -2.31. The van der Waals surface area contributed by atoms with Gasteiger partial charge in [0.2, 0.25) is 0 Å². The van der Waals surface area contributed by atoms with Gasteiger partial charge in [-0.25, -0.2) is 4.39 Å². The largest absolute Gasteiger partial charge is 0.489 e. The van der Waals surface area contributed by atoms with Crippen LogP contribution in [-0.2, 0) is 0 Å². The third-order valence-electron chi connectivity index (χ3n) is 1.30. The molecule has 0 aliphatic heterocycles. The molecule has 0 heterocycles. The summed E-state index contributed by atoms with van der Waals surface area (Å²) in [6.07, 6.45) is 0. The van der Waals surface area contributed by atoms with E-state index < -0.39 is 12.9 Å². The van der Waals surface area contributed by atoms with Gasteiger partial charge in [0.05, 0.1) is 4.47 Å². The molecule has 0 aliphatic carbocycles. The molecule has 0 saturated carbocycles. The molecule has 0 atom stereocenters. The molecular weight excluding hydrogens is 294 g/mol. The molecule has 0 aromatic heterocycles. The van der Waals surface area contributed by atoms with Crippen LogP contribution in [0.4, 0.5) is 4.39 Å². The number of halogens is 3. The molecule has 2 nitrogen and oxygen atoms in total. The van der Waals surface area contributed by atoms with Crippen LogP contribution in [0.15, 0.2) is 21.1 Å². The van der Waals surface area contributed by atoms with E-state index in [-0.39, 0.29) is 9.94 Å². The van der Waals surface area contributed by atoms with Crippen LogP contribution in [0, 0.1) is 5.82 Å². The molecule has 6 heteroatoms. The molecule has 12 heavy (non-hydrogen) atoms. The molecule has 64 valence electrons. The first-order valence-electron chi connectivity index (χ1n) is 3.03. The lowest BCUT2D eigenvalue weighted by atomic mass is 9.80. The van der Waals surface area contributed by atoms with Crippen molar-refractivity contribution in [2.45, 2.75) is 0 Å². The van der Waals surface area contributed by atoms with Crippen LogP contribution in [0.25, 0.3) is 0 Å². The molecule has 0 radical (unpaired) electrons. The monoisotopic (exact) mass is 296 g/mol. The Balaban J connectivity index is 3.28. The Kier molecular flexibility index (Phi) is 3.28. The van der Waals surface area contributed by atoms with Crippen LogP contribution >= 0.6 is 31.9 Å². The Hall–Kier alpha value is 0.0949. The van der Waals surface area contributed by atoms with E-state index in [2.05, 4.69) is 31.9 Å². The van der Waals surface area contributed by atoms with Crippen LogP contribution in [0.2, 0.25) is 0 Å². The first-order valence-corrected chi connectivity index (χ1v) is 4.61. The zero-order chi connectivity index (χ0) is 9.30. The lowest BCUT2D eigenvalue weighted by Gasteiger charge is -2.04. The van der Waals surface area contributed by atoms with Crippen molar-refractivity contribution in [1.29, 1.82) is 0 Å². The fourth-order valence-electron chi connectivity index (χ4n) is 0.764. The zero-order valence-corrected chi connectivity index (χ0v) is 8.93. The van der Waals surface area contributed by atoms with E-state index in [0.29, 0.717) is 4.47 Å². The average Bonchev–Trinajstić information content (AvgIpc) is 1.96. The van der Waals surface area contributed by atoms with Crippen LogP contribution in [0.1, 0.15) is 0 Å². The summed E-state index contributed by atoms with van der Waals surface area (Å²) in [5.41, 5.74) is 0.0990. The van der Waals surface area contributed by atoms with Crippen LogP contribution in [0.5, 0.6) is 0 Å². The number of rotatable bonds is 1. The molecule has 0 spiro atoms. The molecule has 0 saturated heterocycles. The molecule has 0 bridgehead atoms. The van der Waals surface area contributed by atoms with Gasteiger partial charge in [-0.2, -0.15) is 0 Å². The van der Waals surface area contributed by atoms with Gasteiger partial charge in [-0.3, -0.25) is 0 Å². The van der Waals surface area contributed by atoms with Gasteiger partial charge < -0.3 is 10.0 Å². The van der Waals surface area contributed by atoms with Crippen molar-refractivity contribution in [3.63, 3.8) is 0 Å². The molecule has 1 aromatic rings. The van der Waals surface area contributed by atoms with Gasteiger partial charge in [-0.1, -0.05) is 15.9 Å². The van der Waals surface area contributed by atoms with E-state index in [1.807, 2.05) is 0 Å². The molecule has 0 fully saturated rings. The quantitative estimate of drug-likeness (QED) is 0.600. The predicted octanol–water partition coefficient (Wildman–Crippen LogP) is 1.03. The first kappa shape index (κ1) is 10.2. The van der Waals surface area contributed by atoms with Crippen molar-refractivity contribution < 1.29 is 14.4 Å². The minimum Gasteiger partial charge on any atom is -0.423 e. The predicted molar refractivity (Wildman–Crippen MR) is 51.6 cm³/mol. The summed E-state index contributed by atoms with van der Waals surface area (Å²) >= 11 is 5.93. The summed E-state index contributed by atoms with van der Waals surface area (Å²) in [4.78, 5) is 0. The molecule has 1 rings (SSSR count). The van der Waals surface area contributed by atoms with Crippen molar-refractivity contribution in [2.75, 3.05) is 0 Å². The van der Waals surface area contributed by atoms with Gasteiger partial charge in [0.1, 0.15) is 5.82 Å². The van der Waals surface area contributed by atoms with Gasteiger partial charge in [0.15, 0.2) is 0 Å². The van der Waals surface area contributed by atoms with E-state index in [1.165, 1.54) is 12.1 Å². The van der Waals surface area contributed by atoms with Gasteiger partial charge in [0, 0.05) is 9.94 Å². The number of hydrogen-bond acceptors (Lipinski definition) is 2. The van der Waals surface area contributed by atoms with Crippen molar-refractivity contribution >= 4 is 44.4 Å². The second-order valence-electron chi connectivity index (χ2n) is 2.16. The average molecular weight is 298 g/mol. The fourth-order valence-corrected chi connectivity index (χ4v) is 1.65. The summed E-state index contributed by atoms with van der Waals surface area (Å²) in [7, 11) is -1.67. The van der Waals surface area contributed by atoms with E-state index in [0.717, 1.165) is 0 Å².